The molecule has 0 amide bonds. The lowest BCUT2D eigenvalue weighted by Gasteiger charge is -2.11. The molecule has 0 saturated carbocycles. The number of nitrogens with one attached hydrogen (secondary N) is 1. The van der Waals surface area contributed by atoms with Crippen molar-refractivity contribution < 1.29 is 0 Å². The molecule has 1 heterocycles. The Morgan fingerprint density at radius 1 is 1.05 bits per heavy atom. The number of rotatable bonds is 2. The molecule has 0 saturated heterocycles. The summed E-state index contributed by atoms with van der Waals surface area (Å²) >= 11 is 3.51. The van der Waals surface area contributed by atoms with Crippen molar-refractivity contribution in [3.8, 4) is 0 Å². The van der Waals surface area contributed by atoms with E-state index in [1.54, 1.807) is 6.20 Å². The Hall–Kier alpha value is -2.07. The molecule has 0 atom stereocenters. The number of fused-ring (bicyclic) bond motifs is 1. The lowest BCUT2D eigenvalue weighted by atomic mass is 10.1. The van der Waals surface area contributed by atoms with E-state index in [0.29, 0.717) is 0 Å². The monoisotopic (exact) mass is 313 g/mol. The van der Waals surface area contributed by atoms with E-state index in [4.69, 9.17) is 5.73 Å². The van der Waals surface area contributed by atoms with Crippen LogP contribution in [0.4, 0.5) is 17.1 Å². The number of pyridine rings is 1. The van der Waals surface area contributed by atoms with E-state index in [9.17, 15) is 0 Å². The first-order valence-corrected chi connectivity index (χ1v) is 6.68. The summed E-state index contributed by atoms with van der Waals surface area (Å²) in [5.74, 6) is 0. The van der Waals surface area contributed by atoms with Gasteiger partial charge < -0.3 is 11.1 Å². The summed E-state index contributed by atoms with van der Waals surface area (Å²) in [6.45, 7) is 0. The number of anilines is 3. The topological polar surface area (TPSA) is 50.9 Å². The molecule has 0 aliphatic heterocycles. The van der Waals surface area contributed by atoms with Crippen LogP contribution >= 0.6 is 15.9 Å². The van der Waals surface area contributed by atoms with Gasteiger partial charge in [-0.25, -0.2) is 0 Å². The van der Waals surface area contributed by atoms with Crippen molar-refractivity contribution in [2.24, 2.45) is 0 Å². The third kappa shape index (κ3) is 2.39. The highest BCUT2D eigenvalue weighted by molar-refractivity contribution is 9.10. The van der Waals surface area contributed by atoms with Crippen molar-refractivity contribution in [3.05, 3.63) is 59.3 Å². The Morgan fingerprint density at radius 2 is 1.95 bits per heavy atom. The number of nitrogen functional groups attached to an aromatic ring is 1. The Morgan fingerprint density at radius 3 is 2.79 bits per heavy atom. The zero-order chi connectivity index (χ0) is 13.2. The highest BCUT2D eigenvalue weighted by Gasteiger charge is 2.04. The van der Waals surface area contributed by atoms with Gasteiger partial charge in [-0.3, -0.25) is 4.98 Å². The summed E-state index contributed by atoms with van der Waals surface area (Å²) in [5.41, 5.74) is 8.51. The molecule has 3 rings (SSSR count). The van der Waals surface area contributed by atoms with E-state index in [2.05, 4.69) is 26.2 Å². The maximum atomic E-state index is 5.75. The van der Waals surface area contributed by atoms with Gasteiger partial charge in [0, 0.05) is 39.0 Å². The Kier molecular flexibility index (Phi) is 3.09. The summed E-state index contributed by atoms with van der Waals surface area (Å²) in [5, 5.41) is 5.66. The molecule has 3 nitrogen and oxygen atoms in total. The molecule has 2 aromatic carbocycles. The van der Waals surface area contributed by atoms with Crippen LogP contribution in [0.25, 0.3) is 10.8 Å². The fourth-order valence-electron chi connectivity index (χ4n) is 2.01. The first-order chi connectivity index (χ1) is 9.24. The van der Waals surface area contributed by atoms with Crippen LogP contribution in [0.1, 0.15) is 0 Å². The average molecular weight is 314 g/mol. The molecule has 0 radical (unpaired) electrons. The van der Waals surface area contributed by atoms with Gasteiger partial charge in [-0.15, -0.1) is 0 Å². The maximum absolute atomic E-state index is 5.75. The van der Waals surface area contributed by atoms with Crippen LogP contribution in [-0.2, 0) is 0 Å². The van der Waals surface area contributed by atoms with E-state index in [1.165, 1.54) is 0 Å². The number of halogens is 1. The Balaban J connectivity index is 2.06. The van der Waals surface area contributed by atoms with Gasteiger partial charge in [0.25, 0.3) is 0 Å². The minimum atomic E-state index is 0.736. The first-order valence-electron chi connectivity index (χ1n) is 5.89. The van der Waals surface area contributed by atoms with E-state index in [0.717, 1.165) is 32.3 Å². The Bertz CT molecular complexity index is 735. The van der Waals surface area contributed by atoms with E-state index < -0.39 is 0 Å². The molecule has 0 bridgehead atoms. The van der Waals surface area contributed by atoms with Gasteiger partial charge in [0.2, 0.25) is 0 Å². The number of aromatic nitrogens is 1. The number of hydrogen-bond acceptors (Lipinski definition) is 3. The smallest absolute Gasteiger partial charge is 0.0530 e. The van der Waals surface area contributed by atoms with Gasteiger partial charge >= 0.3 is 0 Å². The van der Waals surface area contributed by atoms with Crippen molar-refractivity contribution in [2.45, 2.75) is 0 Å². The molecule has 3 N–H and O–H groups in total. The van der Waals surface area contributed by atoms with Crippen molar-refractivity contribution in [3.63, 3.8) is 0 Å². The van der Waals surface area contributed by atoms with Gasteiger partial charge in [0.1, 0.15) is 0 Å². The van der Waals surface area contributed by atoms with Gasteiger partial charge in [-0.1, -0.05) is 12.1 Å². The summed E-state index contributed by atoms with van der Waals surface area (Å²) in [7, 11) is 0. The predicted octanol–water partition coefficient (Wildman–Crippen LogP) is 4.32. The molecular formula is C15H12BrN3. The third-order valence-corrected chi connectivity index (χ3v) is 3.60. The van der Waals surface area contributed by atoms with E-state index in [-0.39, 0.29) is 0 Å². The lowest BCUT2D eigenvalue weighted by Crippen LogP contribution is -1.94. The number of nitrogens with two attached hydrogens (primary N) is 1. The average Bonchev–Trinajstić information content (AvgIpc) is 2.42. The SMILES string of the molecule is Nc1ccc(Nc2cccc3cnccc23)c(Br)c1. The normalized spacial score (nSPS) is 10.6. The van der Waals surface area contributed by atoms with Crippen molar-refractivity contribution >= 4 is 43.8 Å². The van der Waals surface area contributed by atoms with Gasteiger partial charge in [-0.05, 0) is 46.3 Å². The van der Waals surface area contributed by atoms with E-state index in [1.807, 2.05) is 48.7 Å². The predicted molar refractivity (Wildman–Crippen MR) is 83.6 cm³/mol. The van der Waals surface area contributed by atoms with E-state index >= 15 is 0 Å². The fourth-order valence-corrected chi connectivity index (χ4v) is 2.50. The van der Waals surface area contributed by atoms with Crippen LogP contribution in [0.15, 0.2) is 59.3 Å². The second-order valence-electron chi connectivity index (χ2n) is 4.27. The summed E-state index contributed by atoms with van der Waals surface area (Å²) in [6, 6.07) is 13.8. The van der Waals surface area contributed by atoms with Crippen LogP contribution in [0.2, 0.25) is 0 Å². The van der Waals surface area contributed by atoms with Gasteiger partial charge in [0.15, 0.2) is 0 Å². The zero-order valence-electron chi connectivity index (χ0n) is 10.1. The minimum Gasteiger partial charge on any atom is -0.399 e. The van der Waals surface area contributed by atoms with Crippen molar-refractivity contribution in [1.29, 1.82) is 0 Å². The van der Waals surface area contributed by atoms with Crippen molar-refractivity contribution in [1.82, 2.24) is 4.98 Å². The zero-order valence-corrected chi connectivity index (χ0v) is 11.7. The molecule has 3 aromatic rings. The molecule has 4 heteroatoms. The quantitative estimate of drug-likeness (QED) is 0.693. The number of hydrogen-bond donors (Lipinski definition) is 2. The molecule has 0 unspecified atom stereocenters. The number of benzene rings is 2. The van der Waals surface area contributed by atoms with Crippen molar-refractivity contribution in [2.75, 3.05) is 11.1 Å². The second kappa shape index (κ2) is 4.90. The summed E-state index contributed by atoms with van der Waals surface area (Å²) in [4.78, 5) is 4.14. The third-order valence-electron chi connectivity index (χ3n) is 2.94. The molecule has 19 heavy (non-hydrogen) atoms. The molecule has 0 fully saturated rings. The highest BCUT2D eigenvalue weighted by atomic mass is 79.9. The van der Waals surface area contributed by atoms with Crippen LogP contribution in [-0.4, -0.2) is 4.98 Å². The van der Waals surface area contributed by atoms with Crippen LogP contribution in [0.5, 0.6) is 0 Å². The standard InChI is InChI=1S/C15H12BrN3/c16-13-8-11(17)4-5-15(13)19-14-3-1-2-10-9-18-7-6-12(10)14/h1-9,19H,17H2. The summed E-state index contributed by atoms with van der Waals surface area (Å²) in [6.07, 6.45) is 3.66. The van der Waals surface area contributed by atoms with Gasteiger partial charge in [-0.2, -0.15) is 0 Å². The second-order valence-corrected chi connectivity index (χ2v) is 5.12. The maximum Gasteiger partial charge on any atom is 0.0530 e. The molecule has 0 aliphatic carbocycles. The Labute approximate surface area is 119 Å². The molecule has 0 aliphatic rings. The van der Waals surface area contributed by atoms with Crippen LogP contribution in [0.3, 0.4) is 0 Å². The molecule has 94 valence electrons. The fraction of sp³-hybridized carbons (Fsp3) is 0. The lowest BCUT2D eigenvalue weighted by molar-refractivity contribution is 1.36. The minimum absolute atomic E-state index is 0.736. The highest BCUT2D eigenvalue weighted by Crippen LogP contribution is 2.30. The first kappa shape index (κ1) is 12.0. The molecular weight excluding hydrogens is 302 g/mol. The van der Waals surface area contributed by atoms with Crippen LogP contribution < -0.4 is 11.1 Å². The molecule has 0 spiro atoms. The van der Waals surface area contributed by atoms with Crippen LogP contribution in [0, 0.1) is 0 Å². The molecule has 1 aromatic heterocycles. The number of nitrogens with zero attached hydrogens (tertiary/aromatic N) is 1. The largest absolute Gasteiger partial charge is 0.399 e. The summed E-state index contributed by atoms with van der Waals surface area (Å²) < 4.78 is 0.943. The van der Waals surface area contributed by atoms with Gasteiger partial charge in [0.05, 0.1) is 5.69 Å².